The maximum Gasteiger partial charge on any atom is 0.433 e. The van der Waals surface area contributed by atoms with Crippen LogP contribution < -0.4 is 10.6 Å². The Hall–Kier alpha value is -1.02. The number of halogens is 3. The van der Waals surface area contributed by atoms with Gasteiger partial charge in [-0.2, -0.15) is 24.9 Å². The number of aromatic nitrogens is 1. The summed E-state index contributed by atoms with van der Waals surface area (Å²) in [7, 11) is 0. The molecule has 0 radical (unpaired) electrons. The van der Waals surface area contributed by atoms with Gasteiger partial charge in [-0.3, -0.25) is 0 Å². The minimum atomic E-state index is -4.47. The molecule has 1 aromatic heterocycles. The van der Waals surface area contributed by atoms with Gasteiger partial charge >= 0.3 is 6.18 Å². The van der Waals surface area contributed by atoms with Crippen LogP contribution in [0.1, 0.15) is 24.6 Å². The van der Waals surface area contributed by atoms with E-state index in [0.717, 1.165) is 18.2 Å². The highest BCUT2D eigenvalue weighted by molar-refractivity contribution is 8.00. The Morgan fingerprint density at radius 2 is 2.24 bits per heavy atom. The first-order valence-electron chi connectivity index (χ1n) is 6.57. The first-order chi connectivity index (χ1) is 9.82. The summed E-state index contributed by atoms with van der Waals surface area (Å²) in [4.78, 5) is 5.70. The van der Waals surface area contributed by atoms with Gasteiger partial charge in [-0.05, 0) is 18.6 Å². The van der Waals surface area contributed by atoms with Crippen molar-refractivity contribution in [2.75, 3.05) is 23.7 Å². The molecule has 1 atom stereocenters. The Morgan fingerprint density at radius 3 is 2.81 bits per heavy atom. The molecule has 1 aliphatic rings. The summed E-state index contributed by atoms with van der Waals surface area (Å²) in [6.07, 6.45) is -3.51. The number of thiocarbonyl (C=S) groups is 1. The standard InChI is InChI=1S/C13H16F3N3S2/c1-2-8-7-19(5-6-21-8)12-9(11(17)20)3-4-10(18-12)13(14,15)16/h3-4,8H,2,5-7H2,1H3,(H2,17,20). The molecule has 0 aromatic carbocycles. The number of thioether (sulfide) groups is 1. The Labute approximate surface area is 131 Å². The number of hydrogen-bond donors (Lipinski definition) is 1. The van der Waals surface area contributed by atoms with Gasteiger partial charge in [0.05, 0.1) is 5.56 Å². The van der Waals surface area contributed by atoms with Crippen LogP contribution in [-0.2, 0) is 6.18 Å². The van der Waals surface area contributed by atoms with Crippen LogP contribution in [0.5, 0.6) is 0 Å². The number of pyridine rings is 1. The lowest BCUT2D eigenvalue weighted by molar-refractivity contribution is -0.141. The number of nitrogens with two attached hydrogens (primary N) is 1. The quantitative estimate of drug-likeness (QED) is 0.860. The molecule has 1 fully saturated rings. The predicted octanol–water partition coefficient (Wildman–Crippen LogP) is 3.07. The van der Waals surface area contributed by atoms with Crippen molar-refractivity contribution in [1.29, 1.82) is 0 Å². The van der Waals surface area contributed by atoms with E-state index in [0.29, 0.717) is 23.9 Å². The fraction of sp³-hybridized carbons (Fsp3) is 0.538. The average molecular weight is 335 g/mol. The van der Waals surface area contributed by atoms with E-state index < -0.39 is 11.9 Å². The van der Waals surface area contributed by atoms with Gasteiger partial charge < -0.3 is 10.6 Å². The van der Waals surface area contributed by atoms with Crippen LogP contribution in [0.3, 0.4) is 0 Å². The van der Waals surface area contributed by atoms with Crippen molar-refractivity contribution in [2.24, 2.45) is 5.73 Å². The van der Waals surface area contributed by atoms with Crippen LogP contribution in [0.4, 0.5) is 19.0 Å². The molecule has 0 amide bonds. The van der Waals surface area contributed by atoms with Crippen molar-refractivity contribution in [3.8, 4) is 0 Å². The zero-order valence-corrected chi connectivity index (χ0v) is 13.1. The second-order valence-electron chi connectivity index (χ2n) is 4.78. The summed E-state index contributed by atoms with van der Waals surface area (Å²) in [5, 5.41) is 0.384. The predicted molar refractivity (Wildman–Crippen MR) is 83.9 cm³/mol. The van der Waals surface area contributed by atoms with Crippen LogP contribution in [0.15, 0.2) is 12.1 Å². The van der Waals surface area contributed by atoms with E-state index in [1.165, 1.54) is 6.07 Å². The molecule has 8 heteroatoms. The van der Waals surface area contributed by atoms with Gasteiger partial charge in [0, 0.05) is 24.1 Å². The minimum Gasteiger partial charge on any atom is -0.389 e. The fourth-order valence-corrected chi connectivity index (χ4v) is 3.54. The molecule has 0 bridgehead atoms. The fourth-order valence-electron chi connectivity index (χ4n) is 2.20. The molecule has 0 aliphatic carbocycles. The van der Waals surface area contributed by atoms with Crippen LogP contribution >= 0.6 is 24.0 Å². The lowest BCUT2D eigenvalue weighted by Crippen LogP contribution is -2.39. The summed E-state index contributed by atoms with van der Waals surface area (Å²) in [5.74, 6) is 1.10. The summed E-state index contributed by atoms with van der Waals surface area (Å²) in [5.41, 5.74) is 5.12. The Balaban J connectivity index is 2.41. The first kappa shape index (κ1) is 16.4. The summed E-state index contributed by atoms with van der Waals surface area (Å²) < 4.78 is 38.6. The van der Waals surface area contributed by atoms with Gasteiger partial charge in [0.15, 0.2) is 0 Å². The van der Waals surface area contributed by atoms with Gasteiger partial charge in [0.25, 0.3) is 0 Å². The summed E-state index contributed by atoms with van der Waals surface area (Å²) in [6, 6.07) is 2.24. The van der Waals surface area contributed by atoms with Crippen molar-refractivity contribution < 1.29 is 13.2 Å². The lowest BCUT2D eigenvalue weighted by atomic mass is 10.2. The highest BCUT2D eigenvalue weighted by atomic mass is 32.2. The summed E-state index contributed by atoms with van der Waals surface area (Å²) >= 11 is 6.77. The van der Waals surface area contributed by atoms with Crippen molar-refractivity contribution in [3.05, 3.63) is 23.4 Å². The number of alkyl halides is 3. The molecule has 1 aromatic rings. The second kappa shape index (κ2) is 6.39. The van der Waals surface area contributed by atoms with Gasteiger partial charge in [-0.1, -0.05) is 19.1 Å². The van der Waals surface area contributed by atoms with Crippen LogP contribution in [-0.4, -0.2) is 34.1 Å². The van der Waals surface area contributed by atoms with E-state index in [-0.39, 0.29) is 10.8 Å². The third-order valence-electron chi connectivity index (χ3n) is 3.32. The molecule has 1 aliphatic heterocycles. The SMILES string of the molecule is CCC1CN(c2nc(C(F)(F)F)ccc2C(N)=S)CCS1. The molecule has 3 nitrogen and oxygen atoms in total. The van der Waals surface area contributed by atoms with Gasteiger partial charge in [-0.15, -0.1) is 0 Å². The smallest absolute Gasteiger partial charge is 0.389 e. The average Bonchev–Trinajstić information content (AvgIpc) is 2.45. The molecule has 2 N–H and O–H groups in total. The van der Waals surface area contributed by atoms with Gasteiger partial charge in [-0.25, -0.2) is 4.98 Å². The Kier molecular flexibility index (Phi) is 4.98. The zero-order chi connectivity index (χ0) is 15.6. The number of rotatable bonds is 3. The topological polar surface area (TPSA) is 42.2 Å². The van der Waals surface area contributed by atoms with E-state index in [2.05, 4.69) is 11.9 Å². The zero-order valence-electron chi connectivity index (χ0n) is 11.5. The Morgan fingerprint density at radius 1 is 1.52 bits per heavy atom. The highest BCUT2D eigenvalue weighted by Crippen LogP contribution is 2.32. The third kappa shape index (κ3) is 3.79. The highest BCUT2D eigenvalue weighted by Gasteiger charge is 2.34. The molecular formula is C13H16F3N3S2. The third-order valence-corrected chi connectivity index (χ3v) is 4.92. The Bertz CT molecular complexity index is 534. The number of anilines is 1. The molecule has 1 saturated heterocycles. The molecule has 0 spiro atoms. The van der Waals surface area contributed by atoms with E-state index in [9.17, 15) is 13.2 Å². The monoisotopic (exact) mass is 335 g/mol. The molecule has 116 valence electrons. The maximum atomic E-state index is 12.9. The lowest BCUT2D eigenvalue weighted by Gasteiger charge is -2.34. The van der Waals surface area contributed by atoms with Crippen molar-refractivity contribution in [2.45, 2.75) is 24.8 Å². The van der Waals surface area contributed by atoms with E-state index >= 15 is 0 Å². The molecule has 2 heterocycles. The first-order valence-corrected chi connectivity index (χ1v) is 8.03. The number of nitrogens with zero attached hydrogens (tertiary/aromatic N) is 2. The van der Waals surface area contributed by atoms with Crippen LogP contribution in [0.25, 0.3) is 0 Å². The summed E-state index contributed by atoms with van der Waals surface area (Å²) in [6.45, 7) is 3.37. The van der Waals surface area contributed by atoms with Crippen molar-refractivity contribution in [1.82, 2.24) is 4.98 Å². The van der Waals surface area contributed by atoms with Crippen molar-refractivity contribution in [3.63, 3.8) is 0 Å². The second-order valence-corrected chi connectivity index (χ2v) is 6.62. The van der Waals surface area contributed by atoms with Crippen molar-refractivity contribution >= 4 is 34.8 Å². The molecular weight excluding hydrogens is 319 g/mol. The van der Waals surface area contributed by atoms with Gasteiger partial charge in [0.2, 0.25) is 0 Å². The number of hydrogen-bond acceptors (Lipinski definition) is 4. The molecule has 1 unspecified atom stereocenters. The van der Waals surface area contributed by atoms with Crippen LogP contribution in [0.2, 0.25) is 0 Å². The van der Waals surface area contributed by atoms with E-state index in [4.69, 9.17) is 18.0 Å². The normalized spacial score (nSPS) is 19.6. The van der Waals surface area contributed by atoms with Crippen LogP contribution in [0, 0.1) is 0 Å². The van der Waals surface area contributed by atoms with E-state index in [1.54, 1.807) is 0 Å². The largest absolute Gasteiger partial charge is 0.433 e. The molecule has 2 rings (SSSR count). The van der Waals surface area contributed by atoms with E-state index in [1.807, 2.05) is 16.7 Å². The van der Waals surface area contributed by atoms with Gasteiger partial charge in [0.1, 0.15) is 16.5 Å². The minimum absolute atomic E-state index is 0.0671. The molecule has 21 heavy (non-hydrogen) atoms. The molecule has 0 saturated carbocycles. The maximum absolute atomic E-state index is 12.9.